The summed E-state index contributed by atoms with van der Waals surface area (Å²) in [7, 11) is 0. The van der Waals surface area contributed by atoms with Crippen LogP contribution in [-0.4, -0.2) is 38.8 Å². The topological polar surface area (TPSA) is 50.4 Å². The summed E-state index contributed by atoms with van der Waals surface area (Å²) in [6, 6.07) is 0.675. The summed E-state index contributed by atoms with van der Waals surface area (Å²) < 4.78 is 4.15. The predicted octanol–water partition coefficient (Wildman–Crippen LogP) is -0.253. The van der Waals surface area contributed by atoms with Crippen molar-refractivity contribution in [3.8, 4) is 0 Å². The zero-order valence-electron chi connectivity index (χ0n) is 7.80. The Morgan fingerprint density at radius 3 is 2.50 bits per heavy atom. The van der Waals surface area contributed by atoms with Crippen molar-refractivity contribution in [2.75, 3.05) is 26.2 Å². The highest BCUT2D eigenvalue weighted by molar-refractivity contribution is 5.36. The first-order valence-corrected chi connectivity index (χ1v) is 4.30. The molecule has 1 atom stereocenters. The zero-order valence-corrected chi connectivity index (χ0v) is 7.80. The summed E-state index contributed by atoms with van der Waals surface area (Å²) in [5, 5.41) is 6.59. The van der Waals surface area contributed by atoms with Crippen LogP contribution in [0, 0.1) is 0 Å². The highest BCUT2D eigenvalue weighted by atomic mass is 16.5. The standard InChI is InChI=1S/C5H12N2.C3H6O2/c1-5-4-6-2-3-7-5;1-2-5-3-4/h5-7H,2-4H2,1H3;3H,2H2,1H3/t5-;/m0./s1. The lowest BCUT2D eigenvalue weighted by Gasteiger charge is -2.19. The van der Waals surface area contributed by atoms with Crippen molar-refractivity contribution in [1.29, 1.82) is 0 Å². The fraction of sp³-hybridized carbons (Fsp3) is 0.875. The Bertz CT molecular complexity index is 103. The van der Waals surface area contributed by atoms with Gasteiger partial charge in [0.05, 0.1) is 6.61 Å². The van der Waals surface area contributed by atoms with Crippen LogP contribution in [0.3, 0.4) is 0 Å². The average Bonchev–Trinajstić information content (AvgIpc) is 2.08. The number of ether oxygens (including phenoxy) is 1. The molecule has 1 heterocycles. The van der Waals surface area contributed by atoms with Crippen molar-refractivity contribution in [2.45, 2.75) is 19.9 Å². The van der Waals surface area contributed by atoms with E-state index in [4.69, 9.17) is 0 Å². The van der Waals surface area contributed by atoms with E-state index in [1.54, 1.807) is 6.92 Å². The summed E-state index contributed by atoms with van der Waals surface area (Å²) in [4.78, 5) is 9.18. The third-order valence-corrected chi connectivity index (χ3v) is 1.48. The van der Waals surface area contributed by atoms with E-state index in [0.29, 0.717) is 19.1 Å². The largest absolute Gasteiger partial charge is 0.468 e. The fourth-order valence-electron chi connectivity index (χ4n) is 0.866. The lowest BCUT2D eigenvalue weighted by molar-refractivity contribution is -0.128. The predicted molar refractivity (Wildman–Crippen MR) is 48.0 cm³/mol. The molecule has 1 rings (SSSR count). The molecule has 1 fully saturated rings. The smallest absolute Gasteiger partial charge is 0.293 e. The maximum Gasteiger partial charge on any atom is 0.293 e. The third-order valence-electron chi connectivity index (χ3n) is 1.48. The van der Waals surface area contributed by atoms with Crippen LogP contribution in [0.4, 0.5) is 0 Å². The van der Waals surface area contributed by atoms with Crippen molar-refractivity contribution in [3.63, 3.8) is 0 Å². The molecule has 0 radical (unpaired) electrons. The van der Waals surface area contributed by atoms with Crippen LogP contribution in [0.25, 0.3) is 0 Å². The molecule has 4 nitrogen and oxygen atoms in total. The molecule has 0 unspecified atom stereocenters. The molecule has 0 spiro atoms. The Hall–Kier alpha value is -0.610. The van der Waals surface area contributed by atoms with Crippen LogP contribution in [0.1, 0.15) is 13.8 Å². The lowest BCUT2D eigenvalue weighted by atomic mass is 10.3. The summed E-state index contributed by atoms with van der Waals surface area (Å²) in [6.07, 6.45) is 0. The number of piperazine rings is 1. The second-order valence-electron chi connectivity index (χ2n) is 2.61. The monoisotopic (exact) mass is 174 g/mol. The van der Waals surface area contributed by atoms with E-state index < -0.39 is 0 Å². The number of rotatable bonds is 2. The molecule has 12 heavy (non-hydrogen) atoms. The molecule has 0 saturated carbocycles. The summed E-state index contributed by atoms with van der Waals surface area (Å²) >= 11 is 0. The minimum absolute atomic E-state index is 0.431. The molecule has 72 valence electrons. The van der Waals surface area contributed by atoms with E-state index >= 15 is 0 Å². The molecule has 0 aromatic rings. The molecule has 4 heteroatoms. The van der Waals surface area contributed by atoms with Crippen LogP contribution in [0.5, 0.6) is 0 Å². The summed E-state index contributed by atoms with van der Waals surface area (Å²) in [6.45, 7) is 8.23. The number of carbonyl (C=O) groups is 1. The van der Waals surface area contributed by atoms with Gasteiger partial charge in [0.1, 0.15) is 0 Å². The molecule has 0 aromatic heterocycles. The number of hydrogen-bond donors (Lipinski definition) is 2. The van der Waals surface area contributed by atoms with Gasteiger partial charge in [-0.1, -0.05) is 0 Å². The Balaban J connectivity index is 0.000000217. The molecule has 2 N–H and O–H groups in total. The van der Waals surface area contributed by atoms with E-state index in [0.717, 1.165) is 19.6 Å². The summed E-state index contributed by atoms with van der Waals surface area (Å²) in [5.74, 6) is 0. The highest BCUT2D eigenvalue weighted by Crippen LogP contribution is 1.80. The van der Waals surface area contributed by atoms with Gasteiger partial charge in [0, 0.05) is 25.7 Å². The number of carbonyl (C=O) groups excluding carboxylic acids is 1. The van der Waals surface area contributed by atoms with Crippen molar-refractivity contribution >= 4 is 6.47 Å². The Morgan fingerprint density at radius 1 is 1.58 bits per heavy atom. The molecule has 0 bridgehead atoms. The second kappa shape index (κ2) is 8.49. The molecule has 1 aliphatic heterocycles. The molecular formula is C8H18N2O2. The van der Waals surface area contributed by atoms with Gasteiger partial charge < -0.3 is 15.4 Å². The fourth-order valence-corrected chi connectivity index (χ4v) is 0.866. The van der Waals surface area contributed by atoms with Crippen LogP contribution in [0.2, 0.25) is 0 Å². The van der Waals surface area contributed by atoms with E-state index in [2.05, 4.69) is 22.3 Å². The highest BCUT2D eigenvalue weighted by Gasteiger charge is 2.03. The van der Waals surface area contributed by atoms with Crippen molar-refractivity contribution in [2.24, 2.45) is 0 Å². The summed E-state index contributed by atoms with van der Waals surface area (Å²) in [5.41, 5.74) is 0. The van der Waals surface area contributed by atoms with Crippen LogP contribution in [0.15, 0.2) is 0 Å². The maximum atomic E-state index is 9.18. The van der Waals surface area contributed by atoms with Crippen LogP contribution < -0.4 is 10.6 Å². The van der Waals surface area contributed by atoms with E-state index in [9.17, 15) is 4.79 Å². The van der Waals surface area contributed by atoms with E-state index in [-0.39, 0.29) is 0 Å². The van der Waals surface area contributed by atoms with Gasteiger partial charge in [-0.3, -0.25) is 4.79 Å². The number of nitrogens with one attached hydrogen (secondary N) is 2. The van der Waals surface area contributed by atoms with Crippen molar-refractivity contribution in [3.05, 3.63) is 0 Å². The van der Waals surface area contributed by atoms with Gasteiger partial charge in [0.2, 0.25) is 0 Å². The van der Waals surface area contributed by atoms with Crippen molar-refractivity contribution < 1.29 is 9.53 Å². The maximum absolute atomic E-state index is 9.18. The van der Waals surface area contributed by atoms with Crippen molar-refractivity contribution in [1.82, 2.24) is 10.6 Å². The van der Waals surface area contributed by atoms with Crippen LogP contribution >= 0.6 is 0 Å². The van der Waals surface area contributed by atoms with E-state index in [1.165, 1.54) is 0 Å². The average molecular weight is 174 g/mol. The molecule has 0 aromatic carbocycles. The van der Waals surface area contributed by atoms with Gasteiger partial charge in [-0.25, -0.2) is 0 Å². The van der Waals surface area contributed by atoms with Gasteiger partial charge in [0.15, 0.2) is 0 Å². The Kier molecular flexibility index (Phi) is 8.05. The van der Waals surface area contributed by atoms with E-state index in [1.807, 2.05) is 0 Å². The minimum Gasteiger partial charge on any atom is -0.468 e. The SMILES string of the molecule is CCOC=O.C[C@H]1CNCCN1. The molecule has 1 aliphatic rings. The van der Waals surface area contributed by atoms with Gasteiger partial charge >= 0.3 is 0 Å². The quantitative estimate of drug-likeness (QED) is 0.567. The van der Waals surface area contributed by atoms with Gasteiger partial charge in [0.25, 0.3) is 6.47 Å². The van der Waals surface area contributed by atoms with Gasteiger partial charge in [-0.15, -0.1) is 0 Å². The zero-order chi connectivity index (χ0) is 9.23. The molecule has 0 aliphatic carbocycles. The van der Waals surface area contributed by atoms with Crippen LogP contribution in [-0.2, 0) is 9.53 Å². The Morgan fingerprint density at radius 2 is 2.33 bits per heavy atom. The molecular weight excluding hydrogens is 156 g/mol. The first-order valence-electron chi connectivity index (χ1n) is 4.30. The minimum atomic E-state index is 0.431. The first kappa shape index (κ1) is 11.4. The van der Waals surface area contributed by atoms with Gasteiger partial charge in [-0.05, 0) is 13.8 Å². The third kappa shape index (κ3) is 7.50. The molecule has 1 saturated heterocycles. The number of hydrogen-bond acceptors (Lipinski definition) is 4. The second-order valence-corrected chi connectivity index (χ2v) is 2.61. The normalized spacial score (nSPS) is 22.0. The Labute approximate surface area is 73.7 Å². The lowest BCUT2D eigenvalue weighted by Crippen LogP contribution is -2.46. The van der Waals surface area contributed by atoms with Gasteiger partial charge in [-0.2, -0.15) is 0 Å². The first-order chi connectivity index (χ1) is 5.81. The molecule has 0 amide bonds.